The van der Waals surface area contributed by atoms with Crippen LogP contribution in [0.4, 0.5) is 0 Å². The van der Waals surface area contributed by atoms with Gasteiger partial charge in [0.2, 0.25) is 11.7 Å². The van der Waals surface area contributed by atoms with Crippen molar-refractivity contribution in [1.82, 2.24) is 31.1 Å². The zero-order valence-corrected chi connectivity index (χ0v) is 16.3. The van der Waals surface area contributed by atoms with Crippen LogP contribution in [0.3, 0.4) is 0 Å². The number of carbonyl (C=O) groups is 2. The van der Waals surface area contributed by atoms with Gasteiger partial charge in [-0.1, -0.05) is 42.5 Å². The molecule has 1 aromatic heterocycles. The molecule has 154 valence electrons. The van der Waals surface area contributed by atoms with E-state index in [9.17, 15) is 9.59 Å². The molecule has 2 amide bonds. The molecular formula is C21H22N6O3. The third-order valence-electron chi connectivity index (χ3n) is 4.92. The minimum absolute atomic E-state index is 0.127. The molecule has 2 heterocycles. The summed E-state index contributed by atoms with van der Waals surface area (Å²) in [5, 5.41) is 12.5. The smallest absolute Gasteiger partial charge is 0.269 e. The van der Waals surface area contributed by atoms with Crippen LogP contribution in [0, 0.1) is 5.92 Å². The van der Waals surface area contributed by atoms with Crippen molar-refractivity contribution in [3.63, 3.8) is 0 Å². The molecular weight excluding hydrogens is 384 g/mol. The summed E-state index contributed by atoms with van der Waals surface area (Å²) < 4.78 is 5.24. The van der Waals surface area contributed by atoms with Crippen LogP contribution in [0.25, 0.3) is 11.4 Å². The molecule has 1 fully saturated rings. The fourth-order valence-electron chi connectivity index (χ4n) is 3.19. The van der Waals surface area contributed by atoms with Gasteiger partial charge in [-0.2, -0.15) is 4.80 Å². The number of rotatable bonds is 5. The highest BCUT2D eigenvalue weighted by atomic mass is 16.5. The standard InChI is InChI=1S/C21H22N6O3/c28-20(23-24-21(29)18-10-12-30-13-11-18)17-8-6-15(7-9-17)14-27-25-19(22-26-27)16-4-2-1-3-5-16/h1-9,18H,10-14H2,(H,23,28)(H,24,29). The van der Waals surface area contributed by atoms with E-state index in [2.05, 4.69) is 26.3 Å². The second-order valence-corrected chi connectivity index (χ2v) is 7.04. The molecule has 30 heavy (non-hydrogen) atoms. The second kappa shape index (κ2) is 9.27. The van der Waals surface area contributed by atoms with E-state index in [-0.39, 0.29) is 17.7 Å². The molecule has 0 bridgehead atoms. The van der Waals surface area contributed by atoms with Crippen molar-refractivity contribution in [2.24, 2.45) is 5.92 Å². The van der Waals surface area contributed by atoms with Crippen molar-refractivity contribution in [2.45, 2.75) is 19.4 Å². The Morgan fingerprint density at radius 3 is 2.47 bits per heavy atom. The molecule has 0 aliphatic carbocycles. The first-order valence-electron chi connectivity index (χ1n) is 9.79. The number of amides is 2. The highest BCUT2D eigenvalue weighted by Gasteiger charge is 2.21. The number of hydrazine groups is 1. The summed E-state index contributed by atoms with van der Waals surface area (Å²) in [6.45, 7) is 1.57. The first-order chi connectivity index (χ1) is 14.7. The molecule has 2 N–H and O–H groups in total. The van der Waals surface area contributed by atoms with Crippen LogP contribution in [-0.4, -0.2) is 45.2 Å². The van der Waals surface area contributed by atoms with Crippen molar-refractivity contribution in [2.75, 3.05) is 13.2 Å². The van der Waals surface area contributed by atoms with E-state index in [1.807, 2.05) is 42.5 Å². The van der Waals surface area contributed by atoms with Crippen molar-refractivity contribution in [3.8, 4) is 11.4 Å². The van der Waals surface area contributed by atoms with Gasteiger partial charge >= 0.3 is 0 Å². The number of nitrogens with one attached hydrogen (secondary N) is 2. The number of ether oxygens (including phenoxy) is 1. The number of hydrogen-bond acceptors (Lipinski definition) is 6. The number of hydrogen-bond donors (Lipinski definition) is 2. The summed E-state index contributed by atoms with van der Waals surface area (Å²) in [4.78, 5) is 25.9. The summed E-state index contributed by atoms with van der Waals surface area (Å²) in [7, 11) is 0. The van der Waals surface area contributed by atoms with Gasteiger partial charge in [0.15, 0.2) is 0 Å². The van der Waals surface area contributed by atoms with Gasteiger partial charge in [0.1, 0.15) is 0 Å². The average Bonchev–Trinajstić information content (AvgIpc) is 3.27. The minimum Gasteiger partial charge on any atom is -0.381 e. The van der Waals surface area contributed by atoms with E-state index in [1.165, 1.54) is 4.80 Å². The molecule has 2 aromatic carbocycles. The van der Waals surface area contributed by atoms with Gasteiger partial charge in [0.25, 0.3) is 5.91 Å². The Bertz CT molecular complexity index is 997. The van der Waals surface area contributed by atoms with Crippen LogP contribution in [0.15, 0.2) is 54.6 Å². The molecule has 4 rings (SSSR count). The Labute approximate surface area is 173 Å². The Morgan fingerprint density at radius 1 is 1.00 bits per heavy atom. The van der Waals surface area contributed by atoms with Gasteiger partial charge in [0, 0.05) is 30.3 Å². The number of benzene rings is 2. The highest BCUT2D eigenvalue weighted by molar-refractivity contribution is 5.95. The van der Waals surface area contributed by atoms with Crippen LogP contribution >= 0.6 is 0 Å². The third kappa shape index (κ3) is 4.87. The lowest BCUT2D eigenvalue weighted by Crippen LogP contribution is -2.45. The molecule has 0 saturated carbocycles. The quantitative estimate of drug-likeness (QED) is 0.623. The zero-order chi connectivity index (χ0) is 20.8. The maximum absolute atomic E-state index is 12.3. The molecule has 1 saturated heterocycles. The van der Waals surface area contributed by atoms with E-state index in [4.69, 9.17) is 4.74 Å². The van der Waals surface area contributed by atoms with Gasteiger partial charge < -0.3 is 4.74 Å². The first-order valence-corrected chi connectivity index (χ1v) is 9.79. The number of carbonyl (C=O) groups excluding carboxylic acids is 2. The number of tetrazole rings is 1. The second-order valence-electron chi connectivity index (χ2n) is 7.04. The number of nitrogens with zero attached hydrogens (tertiary/aromatic N) is 4. The molecule has 1 aliphatic heterocycles. The van der Waals surface area contributed by atoms with Crippen LogP contribution in [-0.2, 0) is 16.1 Å². The average molecular weight is 406 g/mol. The summed E-state index contributed by atoms with van der Waals surface area (Å²) in [5.41, 5.74) is 7.24. The Hall–Kier alpha value is -3.59. The highest BCUT2D eigenvalue weighted by Crippen LogP contribution is 2.14. The molecule has 0 radical (unpaired) electrons. The zero-order valence-electron chi connectivity index (χ0n) is 16.3. The van der Waals surface area contributed by atoms with Gasteiger partial charge in [-0.25, -0.2) is 0 Å². The fraction of sp³-hybridized carbons (Fsp3) is 0.286. The van der Waals surface area contributed by atoms with Gasteiger partial charge in [-0.3, -0.25) is 20.4 Å². The van der Waals surface area contributed by atoms with Crippen molar-refractivity contribution < 1.29 is 14.3 Å². The number of aromatic nitrogens is 4. The predicted molar refractivity (Wildman–Crippen MR) is 108 cm³/mol. The first kappa shape index (κ1) is 19.7. The van der Waals surface area contributed by atoms with E-state index >= 15 is 0 Å². The molecule has 0 unspecified atom stereocenters. The maximum Gasteiger partial charge on any atom is 0.269 e. The molecule has 0 spiro atoms. The van der Waals surface area contributed by atoms with E-state index in [0.717, 1.165) is 11.1 Å². The fourth-order valence-corrected chi connectivity index (χ4v) is 3.19. The molecule has 1 aliphatic rings. The van der Waals surface area contributed by atoms with Crippen molar-refractivity contribution in [1.29, 1.82) is 0 Å². The maximum atomic E-state index is 12.3. The van der Waals surface area contributed by atoms with E-state index in [0.29, 0.717) is 44.0 Å². The van der Waals surface area contributed by atoms with Gasteiger partial charge in [-0.15, -0.1) is 10.2 Å². The lowest BCUT2D eigenvalue weighted by Gasteiger charge is -2.21. The lowest BCUT2D eigenvalue weighted by atomic mass is 10.00. The van der Waals surface area contributed by atoms with E-state index in [1.54, 1.807) is 12.1 Å². The largest absolute Gasteiger partial charge is 0.381 e. The van der Waals surface area contributed by atoms with Crippen LogP contribution < -0.4 is 10.9 Å². The Balaban J connectivity index is 1.31. The molecule has 0 atom stereocenters. The summed E-state index contributed by atoms with van der Waals surface area (Å²) >= 11 is 0. The predicted octanol–water partition coefficient (Wildman–Crippen LogP) is 1.58. The normalized spacial score (nSPS) is 14.3. The van der Waals surface area contributed by atoms with Gasteiger partial charge in [-0.05, 0) is 35.8 Å². The monoisotopic (exact) mass is 406 g/mol. The Morgan fingerprint density at radius 2 is 1.73 bits per heavy atom. The summed E-state index contributed by atoms with van der Waals surface area (Å²) in [6, 6.07) is 16.7. The minimum atomic E-state index is -0.368. The van der Waals surface area contributed by atoms with Gasteiger partial charge in [0.05, 0.1) is 6.54 Å². The molecule has 9 heteroatoms. The Kier molecular flexibility index (Phi) is 6.09. The summed E-state index contributed by atoms with van der Waals surface area (Å²) in [6.07, 6.45) is 1.33. The SMILES string of the molecule is O=C(NNC(=O)C1CCOCC1)c1ccc(Cn2nnc(-c3ccccc3)n2)cc1. The lowest BCUT2D eigenvalue weighted by molar-refractivity contribution is -0.128. The van der Waals surface area contributed by atoms with Crippen molar-refractivity contribution in [3.05, 3.63) is 65.7 Å². The topological polar surface area (TPSA) is 111 Å². The summed E-state index contributed by atoms with van der Waals surface area (Å²) in [5.74, 6) is -0.119. The van der Waals surface area contributed by atoms with Crippen LogP contribution in [0.5, 0.6) is 0 Å². The van der Waals surface area contributed by atoms with Crippen molar-refractivity contribution >= 4 is 11.8 Å². The van der Waals surface area contributed by atoms with Crippen LogP contribution in [0.2, 0.25) is 0 Å². The third-order valence-corrected chi connectivity index (χ3v) is 4.92. The van der Waals surface area contributed by atoms with E-state index < -0.39 is 0 Å². The molecule has 9 nitrogen and oxygen atoms in total. The van der Waals surface area contributed by atoms with Crippen LogP contribution in [0.1, 0.15) is 28.8 Å². The molecule has 3 aromatic rings.